The number of para-hydroxylation sites is 1. The Hall–Kier alpha value is -1.95. The van der Waals surface area contributed by atoms with Crippen LogP contribution in [-0.4, -0.2) is 39.4 Å². The van der Waals surface area contributed by atoms with Crippen LogP contribution in [0, 0.1) is 0 Å². The maximum atomic E-state index is 5.68. The number of hydrogen-bond acceptors (Lipinski definition) is 5. The molecule has 6 heteroatoms. The van der Waals surface area contributed by atoms with Gasteiger partial charge in [-0.2, -0.15) is 4.68 Å². The molecule has 0 aliphatic carbocycles. The molecular weight excluding hydrogens is 230 g/mol. The van der Waals surface area contributed by atoms with E-state index >= 15 is 0 Å². The minimum Gasteiger partial charge on any atom is -0.461 e. The van der Waals surface area contributed by atoms with Gasteiger partial charge in [0.1, 0.15) is 6.61 Å². The van der Waals surface area contributed by atoms with E-state index in [0.29, 0.717) is 18.7 Å². The van der Waals surface area contributed by atoms with Crippen molar-refractivity contribution in [1.82, 2.24) is 25.5 Å². The molecule has 1 fully saturated rings. The lowest BCUT2D eigenvalue weighted by molar-refractivity contribution is 0.251. The van der Waals surface area contributed by atoms with Gasteiger partial charge >= 0.3 is 6.01 Å². The molecule has 1 saturated heterocycles. The second-order valence-electron chi connectivity index (χ2n) is 4.31. The molecule has 0 spiro atoms. The SMILES string of the molecule is c1ccc(-n2nnnc2OCC2CCCN2)cc1. The Labute approximate surface area is 105 Å². The van der Waals surface area contributed by atoms with E-state index in [0.717, 1.165) is 18.7 Å². The Morgan fingerprint density at radius 3 is 3.00 bits per heavy atom. The van der Waals surface area contributed by atoms with Crippen LogP contribution in [0.15, 0.2) is 30.3 Å². The van der Waals surface area contributed by atoms with Crippen molar-refractivity contribution in [3.63, 3.8) is 0 Å². The highest BCUT2D eigenvalue weighted by Crippen LogP contribution is 2.13. The van der Waals surface area contributed by atoms with E-state index in [9.17, 15) is 0 Å². The normalized spacial score (nSPS) is 19.0. The molecule has 1 aliphatic rings. The molecule has 0 amide bonds. The smallest absolute Gasteiger partial charge is 0.340 e. The number of aromatic nitrogens is 4. The van der Waals surface area contributed by atoms with Crippen LogP contribution in [0.1, 0.15) is 12.8 Å². The number of hydrogen-bond donors (Lipinski definition) is 1. The van der Waals surface area contributed by atoms with Crippen LogP contribution in [0.25, 0.3) is 5.69 Å². The van der Waals surface area contributed by atoms with Crippen LogP contribution in [-0.2, 0) is 0 Å². The highest BCUT2D eigenvalue weighted by atomic mass is 16.5. The van der Waals surface area contributed by atoms with Crippen LogP contribution >= 0.6 is 0 Å². The molecule has 6 nitrogen and oxygen atoms in total. The van der Waals surface area contributed by atoms with Gasteiger partial charge in [-0.3, -0.25) is 0 Å². The van der Waals surface area contributed by atoms with Gasteiger partial charge in [0, 0.05) is 6.04 Å². The summed E-state index contributed by atoms with van der Waals surface area (Å²) in [6.07, 6.45) is 2.35. The van der Waals surface area contributed by atoms with E-state index in [1.54, 1.807) is 4.68 Å². The van der Waals surface area contributed by atoms with Crippen molar-refractivity contribution in [2.45, 2.75) is 18.9 Å². The molecule has 1 aliphatic heterocycles. The first kappa shape index (κ1) is 11.2. The summed E-state index contributed by atoms with van der Waals surface area (Å²) in [7, 11) is 0. The number of rotatable bonds is 4. The molecular formula is C12H15N5O. The zero-order valence-corrected chi connectivity index (χ0v) is 9.99. The Kier molecular flexibility index (Phi) is 3.18. The minimum atomic E-state index is 0.408. The van der Waals surface area contributed by atoms with Crippen LogP contribution in [0.4, 0.5) is 0 Å². The summed E-state index contributed by atoms with van der Waals surface area (Å²) in [5.74, 6) is 0. The van der Waals surface area contributed by atoms with Gasteiger partial charge in [-0.15, -0.1) is 0 Å². The standard InChI is InChI=1S/C12H15N5O/c1-2-6-11(7-3-1)17-12(14-15-16-17)18-9-10-5-4-8-13-10/h1-3,6-7,10,13H,4-5,8-9H2. The van der Waals surface area contributed by atoms with Gasteiger partial charge in [0.2, 0.25) is 0 Å². The molecule has 3 rings (SSSR count). The highest BCUT2D eigenvalue weighted by Gasteiger charge is 2.16. The third-order valence-corrected chi connectivity index (χ3v) is 3.02. The van der Waals surface area contributed by atoms with Gasteiger partial charge < -0.3 is 10.1 Å². The average Bonchev–Trinajstić information content (AvgIpc) is 3.09. The topological polar surface area (TPSA) is 64.9 Å². The summed E-state index contributed by atoms with van der Waals surface area (Å²) in [4.78, 5) is 0. The summed E-state index contributed by atoms with van der Waals surface area (Å²) in [5.41, 5.74) is 0.900. The van der Waals surface area contributed by atoms with E-state index in [2.05, 4.69) is 20.8 Å². The van der Waals surface area contributed by atoms with E-state index in [-0.39, 0.29) is 0 Å². The molecule has 1 unspecified atom stereocenters. The van der Waals surface area contributed by atoms with E-state index < -0.39 is 0 Å². The molecule has 0 radical (unpaired) electrons. The molecule has 1 N–H and O–H groups in total. The monoisotopic (exact) mass is 245 g/mol. The second kappa shape index (κ2) is 5.14. The summed E-state index contributed by atoms with van der Waals surface area (Å²) >= 11 is 0. The van der Waals surface area contributed by atoms with Crippen molar-refractivity contribution in [2.75, 3.05) is 13.2 Å². The maximum Gasteiger partial charge on any atom is 0.340 e. The quantitative estimate of drug-likeness (QED) is 0.863. The first-order chi connectivity index (χ1) is 8.93. The van der Waals surface area contributed by atoms with Crippen molar-refractivity contribution in [3.8, 4) is 11.7 Å². The fourth-order valence-electron chi connectivity index (χ4n) is 2.07. The first-order valence-electron chi connectivity index (χ1n) is 6.13. The third-order valence-electron chi connectivity index (χ3n) is 3.02. The average molecular weight is 245 g/mol. The van der Waals surface area contributed by atoms with E-state index in [4.69, 9.17) is 4.74 Å². The largest absolute Gasteiger partial charge is 0.461 e. The van der Waals surface area contributed by atoms with Gasteiger partial charge in [0.15, 0.2) is 0 Å². The highest BCUT2D eigenvalue weighted by molar-refractivity contribution is 5.31. The number of ether oxygens (including phenoxy) is 1. The molecule has 94 valence electrons. The van der Waals surface area contributed by atoms with Crippen LogP contribution in [0.3, 0.4) is 0 Å². The predicted octanol–water partition coefficient (Wildman–Crippen LogP) is 0.793. The Morgan fingerprint density at radius 1 is 1.33 bits per heavy atom. The molecule has 0 bridgehead atoms. The molecule has 1 atom stereocenters. The third kappa shape index (κ3) is 2.33. The predicted molar refractivity (Wildman–Crippen MR) is 65.7 cm³/mol. The first-order valence-corrected chi connectivity index (χ1v) is 6.13. The summed E-state index contributed by atoms with van der Waals surface area (Å²) in [6.45, 7) is 1.67. The van der Waals surface area contributed by atoms with Gasteiger partial charge in [0.25, 0.3) is 0 Å². The van der Waals surface area contributed by atoms with E-state index in [1.807, 2.05) is 30.3 Å². The van der Waals surface area contributed by atoms with Gasteiger partial charge in [-0.25, -0.2) is 0 Å². The van der Waals surface area contributed by atoms with Crippen molar-refractivity contribution >= 4 is 0 Å². The van der Waals surface area contributed by atoms with Crippen molar-refractivity contribution < 1.29 is 4.74 Å². The Balaban J connectivity index is 1.71. The van der Waals surface area contributed by atoms with Crippen LogP contribution in [0.2, 0.25) is 0 Å². The molecule has 0 saturated carbocycles. The zero-order chi connectivity index (χ0) is 12.2. The summed E-state index contributed by atoms with van der Waals surface area (Å²) in [6, 6.07) is 10.6. The molecule has 1 aromatic heterocycles. The van der Waals surface area contributed by atoms with Gasteiger partial charge in [0.05, 0.1) is 5.69 Å². The van der Waals surface area contributed by atoms with Crippen molar-refractivity contribution in [2.24, 2.45) is 0 Å². The van der Waals surface area contributed by atoms with Crippen molar-refractivity contribution in [1.29, 1.82) is 0 Å². The second-order valence-corrected chi connectivity index (χ2v) is 4.31. The molecule has 18 heavy (non-hydrogen) atoms. The molecule has 2 heterocycles. The number of benzene rings is 1. The van der Waals surface area contributed by atoms with E-state index in [1.165, 1.54) is 6.42 Å². The fraction of sp³-hybridized carbons (Fsp3) is 0.417. The Morgan fingerprint density at radius 2 is 2.22 bits per heavy atom. The number of nitrogens with zero attached hydrogens (tertiary/aromatic N) is 4. The summed E-state index contributed by atoms with van der Waals surface area (Å²) in [5, 5.41) is 14.9. The number of tetrazole rings is 1. The number of nitrogens with one attached hydrogen (secondary N) is 1. The lowest BCUT2D eigenvalue weighted by atomic mass is 10.2. The fourth-order valence-corrected chi connectivity index (χ4v) is 2.07. The summed E-state index contributed by atoms with van der Waals surface area (Å²) < 4.78 is 7.29. The molecule has 1 aromatic carbocycles. The maximum absolute atomic E-state index is 5.68. The van der Waals surface area contributed by atoms with Crippen LogP contribution in [0.5, 0.6) is 6.01 Å². The Bertz CT molecular complexity index is 492. The lowest BCUT2D eigenvalue weighted by Gasteiger charge is -2.11. The van der Waals surface area contributed by atoms with Gasteiger partial charge in [-0.1, -0.05) is 23.3 Å². The van der Waals surface area contributed by atoms with Crippen molar-refractivity contribution in [3.05, 3.63) is 30.3 Å². The molecule has 2 aromatic rings. The minimum absolute atomic E-state index is 0.408. The zero-order valence-electron chi connectivity index (χ0n) is 9.99. The van der Waals surface area contributed by atoms with Crippen LogP contribution < -0.4 is 10.1 Å². The van der Waals surface area contributed by atoms with Gasteiger partial charge in [-0.05, 0) is 41.9 Å². The lowest BCUT2D eigenvalue weighted by Crippen LogP contribution is -2.28.